The summed E-state index contributed by atoms with van der Waals surface area (Å²) in [6.45, 7) is 6.64. The molecular formula is C16H20BrNS. The molecule has 0 spiro atoms. The third kappa shape index (κ3) is 3.47. The van der Waals surface area contributed by atoms with E-state index in [9.17, 15) is 0 Å². The van der Waals surface area contributed by atoms with Gasteiger partial charge in [0, 0.05) is 20.3 Å². The van der Waals surface area contributed by atoms with E-state index < -0.39 is 0 Å². The molecule has 1 aromatic heterocycles. The van der Waals surface area contributed by atoms with E-state index in [0.29, 0.717) is 12.0 Å². The molecule has 3 heteroatoms. The van der Waals surface area contributed by atoms with Gasteiger partial charge in [-0.15, -0.1) is 11.3 Å². The molecule has 1 unspecified atom stereocenters. The second-order valence-electron chi connectivity index (χ2n) is 5.23. The lowest BCUT2D eigenvalue weighted by atomic mass is 10.0. The van der Waals surface area contributed by atoms with Gasteiger partial charge in [-0.25, -0.2) is 0 Å². The number of rotatable bonds is 4. The zero-order valence-corrected chi connectivity index (χ0v) is 14.2. The molecule has 0 saturated carbocycles. The Hall–Kier alpha value is -0.640. The van der Waals surface area contributed by atoms with Crippen molar-refractivity contribution >= 4 is 27.3 Å². The van der Waals surface area contributed by atoms with Crippen molar-refractivity contribution in [3.8, 4) is 10.4 Å². The lowest BCUT2D eigenvalue weighted by Gasteiger charge is -2.18. The first-order chi connectivity index (χ1) is 9.01. The van der Waals surface area contributed by atoms with Crippen LogP contribution in [-0.2, 0) is 0 Å². The maximum atomic E-state index is 3.58. The molecule has 0 bridgehead atoms. The van der Waals surface area contributed by atoms with Crippen LogP contribution in [0.1, 0.15) is 30.3 Å². The van der Waals surface area contributed by atoms with E-state index in [0.717, 1.165) is 4.47 Å². The quantitative estimate of drug-likeness (QED) is 0.787. The molecule has 1 N–H and O–H groups in total. The summed E-state index contributed by atoms with van der Waals surface area (Å²) in [6, 6.07) is 11.5. The van der Waals surface area contributed by atoms with E-state index in [4.69, 9.17) is 0 Å². The van der Waals surface area contributed by atoms with E-state index in [1.807, 2.05) is 18.4 Å². The van der Waals surface area contributed by atoms with Crippen molar-refractivity contribution < 1.29 is 0 Å². The maximum Gasteiger partial charge on any atom is 0.0435 e. The third-order valence-electron chi connectivity index (χ3n) is 3.24. The average molecular weight is 338 g/mol. The van der Waals surface area contributed by atoms with Crippen LogP contribution in [0.5, 0.6) is 0 Å². The molecule has 1 aromatic carbocycles. The smallest absolute Gasteiger partial charge is 0.0435 e. The highest BCUT2D eigenvalue weighted by Gasteiger charge is 2.16. The Bertz CT molecular complexity index is 539. The Balaban J connectivity index is 2.35. The van der Waals surface area contributed by atoms with Crippen LogP contribution >= 0.6 is 27.3 Å². The number of aryl methyl sites for hydroxylation is 1. The zero-order valence-electron chi connectivity index (χ0n) is 11.8. The van der Waals surface area contributed by atoms with Gasteiger partial charge >= 0.3 is 0 Å². The SMILES string of the molecule is CNC(c1ccc(-c2cc(C)cc(Br)c2)s1)C(C)C. The van der Waals surface area contributed by atoms with Gasteiger partial charge in [0.05, 0.1) is 0 Å². The average Bonchev–Trinajstić information content (AvgIpc) is 2.77. The van der Waals surface area contributed by atoms with Crippen molar-refractivity contribution in [2.24, 2.45) is 5.92 Å². The molecule has 1 nitrogen and oxygen atoms in total. The molecule has 0 fully saturated rings. The molecule has 1 atom stereocenters. The van der Waals surface area contributed by atoms with E-state index in [-0.39, 0.29) is 0 Å². The lowest BCUT2D eigenvalue weighted by molar-refractivity contribution is 0.449. The van der Waals surface area contributed by atoms with Crippen LogP contribution in [-0.4, -0.2) is 7.05 Å². The van der Waals surface area contributed by atoms with Crippen molar-refractivity contribution in [1.29, 1.82) is 0 Å². The highest BCUT2D eigenvalue weighted by molar-refractivity contribution is 9.10. The van der Waals surface area contributed by atoms with Crippen LogP contribution in [0.3, 0.4) is 0 Å². The first-order valence-electron chi connectivity index (χ1n) is 6.56. The van der Waals surface area contributed by atoms with Crippen LogP contribution in [0.25, 0.3) is 10.4 Å². The number of halogens is 1. The topological polar surface area (TPSA) is 12.0 Å². The van der Waals surface area contributed by atoms with Gasteiger partial charge in [-0.3, -0.25) is 0 Å². The lowest BCUT2D eigenvalue weighted by Crippen LogP contribution is -2.20. The molecule has 2 rings (SSSR count). The Morgan fingerprint density at radius 2 is 1.89 bits per heavy atom. The largest absolute Gasteiger partial charge is 0.312 e. The van der Waals surface area contributed by atoms with Crippen molar-refractivity contribution in [3.63, 3.8) is 0 Å². The summed E-state index contributed by atoms with van der Waals surface area (Å²) in [5, 5.41) is 3.41. The van der Waals surface area contributed by atoms with Crippen molar-refractivity contribution in [2.75, 3.05) is 7.05 Å². The molecule has 102 valence electrons. The normalized spacial score (nSPS) is 12.9. The van der Waals surface area contributed by atoms with Gasteiger partial charge in [0.15, 0.2) is 0 Å². The Kier molecular flexibility index (Phi) is 4.82. The Morgan fingerprint density at radius 3 is 2.47 bits per heavy atom. The van der Waals surface area contributed by atoms with E-state index >= 15 is 0 Å². The number of hydrogen-bond donors (Lipinski definition) is 1. The molecule has 19 heavy (non-hydrogen) atoms. The standard InChI is InChI=1S/C16H20BrNS/c1-10(2)16(18-4)15-6-5-14(19-15)12-7-11(3)8-13(17)9-12/h5-10,16,18H,1-4H3. The molecule has 0 aliphatic carbocycles. The first-order valence-corrected chi connectivity index (χ1v) is 8.16. The molecule has 0 aliphatic heterocycles. The summed E-state index contributed by atoms with van der Waals surface area (Å²) in [6.07, 6.45) is 0. The van der Waals surface area contributed by atoms with Crippen LogP contribution in [0, 0.1) is 12.8 Å². The summed E-state index contributed by atoms with van der Waals surface area (Å²) in [5.74, 6) is 0.598. The van der Waals surface area contributed by atoms with E-state index in [1.165, 1.54) is 20.9 Å². The van der Waals surface area contributed by atoms with Crippen LogP contribution in [0.15, 0.2) is 34.8 Å². The Labute approximate surface area is 128 Å². The zero-order chi connectivity index (χ0) is 14.0. The minimum Gasteiger partial charge on any atom is -0.312 e. The fraction of sp³-hybridized carbons (Fsp3) is 0.375. The monoisotopic (exact) mass is 337 g/mol. The number of thiophene rings is 1. The third-order valence-corrected chi connectivity index (χ3v) is 4.91. The molecule has 0 saturated heterocycles. The molecule has 2 aromatic rings. The predicted molar refractivity (Wildman–Crippen MR) is 88.8 cm³/mol. The second-order valence-corrected chi connectivity index (χ2v) is 7.26. The molecule has 0 radical (unpaired) electrons. The summed E-state index contributed by atoms with van der Waals surface area (Å²) in [7, 11) is 2.04. The number of benzene rings is 1. The van der Waals surface area contributed by atoms with Gasteiger partial charge < -0.3 is 5.32 Å². The van der Waals surface area contributed by atoms with Crippen molar-refractivity contribution in [1.82, 2.24) is 5.32 Å². The van der Waals surface area contributed by atoms with Crippen molar-refractivity contribution in [3.05, 3.63) is 45.2 Å². The Morgan fingerprint density at radius 1 is 1.16 bits per heavy atom. The summed E-state index contributed by atoms with van der Waals surface area (Å²) < 4.78 is 1.14. The highest BCUT2D eigenvalue weighted by atomic mass is 79.9. The summed E-state index contributed by atoms with van der Waals surface area (Å²) >= 11 is 5.46. The van der Waals surface area contributed by atoms with E-state index in [2.05, 4.69) is 72.3 Å². The number of nitrogens with one attached hydrogen (secondary N) is 1. The second kappa shape index (κ2) is 6.21. The van der Waals surface area contributed by atoms with Gasteiger partial charge in [-0.1, -0.05) is 35.8 Å². The molecular weight excluding hydrogens is 318 g/mol. The van der Waals surface area contributed by atoms with Crippen LogP contribution in [0.4, 0.5) is 0 Å². The first kappa shape index (κ1) is 14.8. The highest BCUT2D eigenvalue weighted by Crippen LogP contribution is 2.35. The fourth-order valence-corrected chi connectivity index (χ4v) is 4.24. The van der Waals surface area contributed by atoms with Gasteiger partial charge in [0.1, 0.15) is 0 Å². The van der Waals surface area contributed by atoms with Gasteiger partial charge in [-0.05, 0) is 55.3 Å². The van der Waals surface area contributed by atoms with Gasteiger partial charge in [-0.2, -0.15) is 0 Å². The molecule has 1 heterocycles. The van der Waals surface area contributed by atoms with Gasteiger partial charge in [0.25, 0.3) is 0 Å². The molecule has 0 aliphatic rings. The summed E-state index contributed by atoms with van der Waals surface area (Å²) in [5.41, 5.74) is 2.58. The molecule has 0 amide bonds. The predicted octanol–water partition coefficient (Wildman–Crippen LogP) is 5.40. The minimum absolute atomic E-state index is 0.437. The van der Waals surface area contributed by atoms with E-state index in [1.54, 1.807) is 0 Å². The van der Waals surface area contributed by atoms with Crippen molar-refractivity contribution in [2.45, 2.75) is 26.8 Å². The van der Waals surface area contributed by atoms with Crippen LogP contribution < -0.4 is 5.32 Å². The van der Waals surface area contributed by atoms with Crippen LogP contribution in [0.2, 0.25) is 0 Å². The number of hydrogen-bond acceptors (Lipinski definition) is 2. The fourth-order valence-electron chi connectivity index (χ4n) is 2.36. The summed E-state index contributed by atoms with van der Waals surface area (Å²) in [4.78, 5) is 2.74. The van der Waals surface area contributed by atoms with Gasteiger partial charge in [0.2, 0.25) is 0 Å². The minimum atomic E-state index is 0.437. The maximum absolute atomic E-state index is 3.58.